The summed E-state index contributed by atoms with van der Waals surface area (Å²) in [7, 11) is -3.83. The van der Waals surface area contributed by atoms with Gasteiger partial charge in [0.05, 0.1) is 16.8 Å². The first-order valence-corrected chi connectivity index (χ1v) is 9.01. The van der Waals surface area contributed by atoms with Crippen LogP contribution in [0.25, 0.3) is 11.3 Å². The van der Waals surface area contributed by atoms with Crippen LogP contribution in [0.3, 0.4) is 0 Å². The number of hydrogen-bond donors (Lipinski definition) is 1. The summed E-state index contributed by atoms with van der Waals surface area (Å²) >= 11 is 11.7. The second kappa shape index (κ2) is 6.39. The molecule has 0 aliphatic rings. The predicted molar refractivity (Wildman–Crippen MR) is 93.8 cm³/mol. The molecule has 5 nitrogen and oxygen atoms in total. The van der Waals surface area contributed by atoms with E-state index in [4.69, 9.17) is 28.9 Å². The molecule has 0 saturated carbocycles. The highest BCUT2D eigenvalue weighted by Gasteiger charge is 2.24. The molecule has 0 unspecified atom stereocenters. The van der Waals surface area contributed by atoms with Crippen LogP contribution in [0.5, 0.6) is 0 Å². The van der Waals surface area contributed by atoms with Gasteiger partial charge in [0.1, 0.15) is 4.90 Å². The van der Waals surface area contributed by atoms with E-state index in [-0.39, 0.29) is 21.4 Å². The van der Waals surface area contributed by atoms with Gasteiger partial charge in [-0.15, -0.1) is 0 Å². The van der Waals surface area contributed by atoms with E-state index in [1.165, 1.54) is 30.5 Å². The van der Waals surface area contributed by atoms with Gasteiger partial charge in [0, 0.05) is 15.6 Å². The van der Waals surface area contributed by atoms with Gasteiger partial charge < -0.3 is 5.73 Å². The molecule has 2 N–H and O–H groups in total. The zero-order valence-electron chi connectivity index (χ0n) is 12.1. The molecule has 0 radical (unpaired) electrons. The summed E-state index contributed by atoms with van der Waals surface area (Å²) in [6.45, 7) is 0. The van der Waals surface area contributed by atoms with E-state index in [2.05, 4.69) is 9.97 Å². The highest BCUT2D eigenvalue weighted by Crippen LogP contribution is 2.31. The van der Waals surface area contributed by atoms with Crippen molar-refractivity contribution in [1.29, 1.82) is 0 Å². The molecule has 0 amide bonds. The lowest BCUT2D eigenvalue weighted by molar-refractivity contribution is 0.595. The first-order chi connectivity index (χ1) is 11.4. The van der Waals surface area contributed by atoms with Crippen molar-refractivity contribution >= 4 is 39.0 Å². The molecule has 3 aromatic rings. The summed E-state index contributed by atoms with van der Waals surface area (Å²) in [5.74, 6) is -0.0185. The third-order valence-corrected chi connectivity index (χ3v) is 5.58. The van der Waals surface area contributed by atoms with E-state index >= 15 is 0 Å². The standard InChI is InChI=1S/C16H11Cl2N3O2S/c17-11-3-1-10(2-4-11)15-14(9-20-16(19)21-15)24(22,23)13-7-5-12(18)6-8-13/h1-9H,(H2,19,20,21). The summed E-state index contributed by atoms with van der Waals surface area (Å²) in [5, 5.41) is 0.975. The SMILES string of the molecule is Nc1ncc(S(=O)(=O)c2ccc(Cl)cc2)c(-c2ccc(Cl)cc2)n1. The van der Waals surface area contributed by atoms with Crippen molar-refractivity contribution < 1.29 is 8.42 Å². The molecule has 0 aliphatic carbocycles. The van der Waals surface area contributed by atoms with E-state index in [1.807, 2.05) is 0 Å². The zero-order valence-corrected chi connectivity index (χ0v) is 14.5. The first-order valence-electron chi connectivity index (χ1n) is 6.77. The largest absolute Gasteiger partial charge is 0.368 e. The lowest BCUT2D eigenvalue weighted by atomic mass is 10.1. The van der Waals surface area contributed by atoms with Crippen LogP contribution in [0.2, 0.25) is 10.0 Å². The van der Waals surface area contributed by atoms with Crippen molar-refractivity contribution in [2.45, 2.75) is 9.79 Å². The molecule has 24 heavy (non-hydrogen) atoms. The molecule has 0 saturated heterocycles. The Kier molecular flexibility index (Phi) is 4.45. The van der Waals surface area contributed by atoms with Crippen molar-refractivity contribution in [3.05, 3.63) is 64.8 Å². The Bertz CT molecular complexity index is 989. The van der Waals surface area contributed by atoms with E-state index in [0.717, 1.165) is 0 Å². The number of sulfone groups is 1. The maximum absolute atomic E-state index is 12.9. The van der Waals surface area contributed by atoms with Gasteiger partial charge in [-0.25, -0.2) is 18.4 Å². The van der Waals surface area contributed by atoms with E-state index in [9.17, 15) is 8.42 Å². The third kappa shape index (κ3) is 3.21. The van der Waals surface area contributed by atoms with Crippen LogP contribution in [-0.4, -0.2) is 18.4 Å². The van der Waals surface area contributed by atoms with Gasteiger partial charge >= 0.3 is 0 Å². The minimum atomic E-state index is -3.83. The molecule has 1 aromatic heterocycles. The van der Waals surface area contributed by atoms with Crippen molar-refractivity contribution in [2.24, 2.45) is 0 Å². The molecule has 0 spiro atoms. The van der Waals surface area contributed by atoms with Crippen LogP contribution in [0, 0.1) is 0 Å². The van der Waals surface area contributed by atoms with Crippen molar-refractivity contribution in [3.8, 4) is 11.3 Å². The minimum absolute atomic E-state index is 0.0185. The number of nitrogen functional groups attached to an aromatic ring is 1. The molecule has 122 valence electrons. The van der Waals surface area contributed by atoms with Crippen LogP contribution in [0.4, 0.5) is 5.95 Å². The summed E-state index contributed by atoms with van der Waals surface area (Å²) in [6.07, 6.45) is 1.20. The van der Waals surface area contributed by atoms with E-state index in [0.29, 0.717) is 15.6 Å². The fourth-order valence-corrected chi connectivity index (χ4v) is 3.75. The fraction of sp³-hybridized carbons (Fsp3) is 0. The van der Waals surface area contributed by atoms with Crippen molar-refractivity contribution in [1.82, 2.24) is 9.97 Å². The molecule has 3 rings (SSSR count). The van der Waals surface area contributed by atoms with Crippen LogP contribution < -0.4 is 5.73 Å². The molecular weight excluding hydrogens is 369 g/mol. The highest BCUT2D eigenvalue weighted by atomic mass is 35.5. The Morgan fingerprint density at radius 1 is 0.875 bits per heavy atom. The van der Waals surface area contributed by atoms with Crippen LogP contribution in [0.1, 0.15) is 0 Å². The van der Waals surface area contributed by atoms with Crippen LogP contribution in [0.15, 0.2) is 64.5 Å². The second-order valence-corrected chi connectivity index (χ2v) is 7.70. The number of halogens is 2. The van der Waals surface area contributed by atoms with Crippen LogP contribution >= 0.6 is 23.2 Å². The number of nitrogens with zero attached hydrogens (tertiary/aromatic N) is 2. The molecule has 0 atom stereocenters. The summed E-state index contributed by atoms with van der Waals surface area (Å²) in [5.41, 5.74) is 6.42. The molecule has 0 aliphatic heterocycles. The fourth-order valence-electron chi connectivity index (χ4n) is 2.14. The number of anilines is 1. The van der Waals surface area contributed by atoms with Crippen molar-refractivity contribution in [3.63, 3.8) is 0 Å². The van der Waals surface area contributed by atoms with Gasteiger partial charge in [-0.2, -0.15) is 0 Å². The maximum Gasteiger partial charge on any atom is 0.220 e. The van der Waals surface area contributed by atoms with Gasteiger partial charge in [0.2, 0.25) is 15.8 Å². The molecule has 8 heteroatoms. The van der Waals surface area contributed by atoms with Gasteiger partial charge in [-0.3, -0.25) is 0 Å². The van der Waals surface area contributed by atoms with Gasteiger partial charge in [0.15, 0.2) is 0 Å². The average molecular weight is 380 g/mol. The molecular formula is C16H11Cl2N3O2S. The Morgan fingerprint density at radius 2 is 1.42 bits per heavy atom. The Labute approximate surface area is 149 Å². The molecule has 0 bridgehead atoms. The highest BCUT2D eigenvalue weighted by molar-refractivity contribution is 7.91. The maximum atomic E-state index is 12.9. The lowest BCUT2D eigenvalue weighted by Crippen LogP contribution is -2.08. The topological polar surface area (TPSA) is 85.9 Å². The number of hydrogen-bond acceptors (Lipinski definition) is 5. The monoisotopic (exact) mass is 379 g/mol. The smallest absolute Gasteiger partial charge is 0.220 e. The third-order valence-electron chi connectivity index (χ3n) is 3.30. The Balaban J connectivity index is 2.21. The Morgan fingerprint density at radius 3 is 2.00 bits per heavy atom. The Hall–Kier alpha value is -2.15. The normalized spacial score (nSPS) is 11.4. The number of nitrogens with two attached hydrogens (primary N) is 1. The van der Waals surface area contributed by atoms with E-state index < -0.39 is 9.84 Å². The second-order valence-electron chi connectivity index (χ2n) is 4.91. The summed E-state index contributed by atoms with van der Waals surface area (Å²) < 4.78 is 25.9. The van der Waals surface area contributed by atoms with Gasteiger partial charge in [-0.1, -0.05) is 35.3 Å². The number of aromatic nitrogens is 2. The summed E-state index contributed by atoms with van der Waals surface area (Å²) in [6, 6.07) is 12.5. The molecule has 2 aromatic carbocycles. The lowest BCUT2D eigenvalue weighted by Gasteiger charge is -2.10. The molecule has 1 heterocycles. The minimum Gasteiger partial charge on any atom is -0.368 e. The van der Waals surface area contributed by atoms with Gasteiger partial charge in [0.25, 0.3) is 0 Å². The number of benzene rings is 2. The van der Waals surface area contributed by atoms with Gasteiger partial charge in [-0.05, 0) is 36.4 Å². The quantitative estimate of drug-likeness (QED) is 0.746. The first kappa shape index (κ1) is 16.7. The predicted octanol–water partition coefficient (Wildman–Crippen LogP) is 3.87. The van der Waals surface area contributed by atoms with Crippen LogP contribution in [-0.2, 0) is 9.84 Å². The van der Waals surface area contributed by atoms with Crippen molar-refractivity contribution in [2.75, 3.05) is 5.73 Å². The molecule has 0 fully saturated rings. The summed E-state index contributed by atoms with van der Waals surface area (Å²) in [4.78, 5) is 7.98. The van der Waals surface area contributed by atoms with E-state index in [1.54, 1.807) is 24.3 Å². The zero-order chi connectivity index (χ0) is 17.3. The average Bonchev–Trinajstić information content (AvgIpc) is 2.55. The number of rotatable bonds is 3.